The summed E-state index contributed by atoms with van der Waals surface area (Å²) in [5.74, 6) is 2.64. The highest BCUT2D eigenvalue weighted by Gasteiger charge is 2.34. The van der Waals surface area contributed by atoms with Gasteiger partial charge in [-0.15, -0.1) is 0 Å². The molecular weight excluding hydrogens is 688 g/mol. The number of benzene rings is 6. The van der Waals surface area contributed by atoms with Crippen LogP contribution in [0.4, 0.5) is 17.1 Å². The van der Waals surface area contributed by atoms with Crippen LogP contribution in [-0.2, 0) is 0 Å². The molecular formula is C36H27BCl3N3O6. The Morgan fingerprint density at radius 1 is 0.347 bits per heavy atom. The van der Waals surface area contributed by atoms with Crippen molar-refractivity contribution in [2.24, 2.45) is 0 Å². The monoisotopic (exact) mass is 713 g/mol. The van der Waals surface area contributed by atoms with Crippen LogP contribution in [0.3, 0.4) is 0 Å². The van der Waals surface area contributed by atoms with E-state index >= 15 is 0 Å². The molecule has 0 aromatic heterocycles. The van der Waals surface area contributed by atoms with Crippen LogP contribution in [0.5, 0.6) is 51.7 Å². The minimum Gasteiger partial charge on any atom is -0.486 e. The van der Waals surface area contributed by atoms with Gasteiger partial charge in [0.05, 0.1) is 15.1 Å². The van der Waals surface area contributed by atoms with E-state index < -0.39 is 7.32 Å². The smallest absolute Gasteiger partial charge is 0.486 e. The Labute approximate surface area is 297 Å². The van der Waals surface area contributed by atoms with Crippen molar-refractivity contribution < 1.29 is 28.2 Å². The van der Waals surface area contributed by atoms with Gasteiger partial charge in [-0.1, -0.05) is 71.2 Å². The lowest BCUT2D eigenvalue weighted by atomic mass is 10.1. The molecule has 0 bridgehead atoms. The molecule has 0 saturated carbocycles. The first kappa shape index (κ1) is 33.4. The average Bonchev–Trinajstić information content (AvgIpc) is 3.08. The van der Waals surface area contributed by atoms with Crippen LogP contribution in [0.15, 0.2) is 127 Å². The van der Waals surface area contributed by atoms with E-state index in [0.717, 1.165) is 0 Å². The second-order valence-electron chi connectivity index (χ2n) is 10.4. The highest BCUT2D eigenvalue weighted by Crippen LogP contribution is 2.40. The summed E-state index contributed by atoms with van der Waals surface area (Å²) in [4.78, 5) is 0. The predicted octanol–water partition coefficient (Wildman–Crippen LogP) is 10.3. The van der Waals surface area contributed by atoms with Gasteiger partial charge in [0.2, 0.25) is 0 Å². The Morgan fingerprint density at radius 2 is 0.612 bits per heavy atom. The lowest BCUT2D eigenvalue weighted by Gasteiger charge is -2.21. The number of ether oxygens (including phenoxy) is 3. The van der Waals surface area contributed by atoms with Crippen molar-refractivity contribution in [3.63, 3.8) is 0 Å². The van der Waals surface area contributed by atoms with Gasteiger partial charge in [-0.2, -0.15) is 0 Å². The number of halogens is 3. The van der Waals surface area contributed by atoms with Crippen molar-refractivity contribution in [2.45, 2.75) is 0 Å². The Morgan fingerprint density at radius 3 is 0.898 bits per heavy atom. The second kappa shape index (κ2) is 15.1. The average molecular weight is 715 g/mol. The molecule has 0 aliphatic heterocycles. The summed E-state index contributed by atoms with van der Waals surface area (Å²) in [6.07, 6.45) is 0. The van der Waals surface area contributed by atoms with Crippen molar-refractivity contribution in [3.8, 4) is 51.7 Å². The predicted molar refractivity (Wildman–Crippen MR) is 195 cm³/mol. The lowest BCUT2D eigenvalue weighted by molar-refractivity contribution is 0.289. The lowest BCUT2D eigenvalue weighted by Crippen LogP contribution is -2.37. The zero-order chi connectivity index (χ0) is 34.3. The van der Waals surface area contributed by atoms with Crippen LogP contribution in [0.1, 0.15) is 0 Å². The van der Waals surface area contributed by atoms with E-state index in [1.54, 1.807) is 127 Å². The molecule has 0 spiro atoms. The van der Waals surface area contributed by atoms with E-state index in [0.29, 0.717) is 66.6 Å². The molecule has 9 nitrogen and oxygen atoms in total. The molecule has 0 atom stereocenters. The molecule has 6 aromatic rings. The molecule has 0 unspecified atom stereocenters. The molecule has 0 heterocycles. The third-order valence-corrected chi connectivity index (χ3v) is 7.68. The highest BCUT2D eigenvalue weighted by molar-refractivity contribution is 6.40. The fourth-order valence-corrected chi connectivity index (χ4v) is 4.90. The van der Waals surface area contributed by atoms with Crippen LogP contribution < -0.4 is 45.4 Å². The van der Waals surface area contributed by atoms with E-state index in [4.69, 9.17) is 80.2 Å². The molecule has 13 heteroatoms. The topological polar surface area (TPSA) is 133 Å². The summed E-state index contributed by atoms with van der Waals surface area (Å²) < 4.78 is 37.4. The summed E-state index contributed by atoms with van der Waals surface area (Å²) in [6, 6.07) is 35.5. The highest BCUT2D eigenvalue weighted by atomic mass is 35.5. The summed E-state index contributed by atoms with van der Waals surface area (Å²) in [6.45, 7) is 0. The minimum atomic E-state index is -1.46. The van der Waals surface area contributed by atoms with Crippen molar-refractivity contribution in [1.29, 1.82) is 0 Å². The SMILES string of the molecule is Nc1ccc(Cl)c(Oc2ccccc2OB(Oc2ccccc2Oc2cc(N)ccc2Cl)Oc2ccccc2Oc2cc(N)ccc2Cl)c1. The number of nitrogens with two attached hydrogens (primary N) is 3. The molecule has 0 fully saturated rings. The molecule has 0 aliphatic carbocycles. The zero-order valence-electron chi connectivity index (χ0n) is 25.5. The maximum atomic E-state index is 6.40. The molecule has 6 aromatic carbocycles. The van der Waals surface area contributed by atoms with Crippen LogP contribution in [-0.4, -0.2) is 7.32 Å². The van der Waals surface area contributed by atoms with Crippen molar-refractivity contribution in [2.75, 3.05) is 17.2 Å². The Hall–Kier alpha value is -5.55. The number of hydrogen-bond donors (Lipinski definition) is 3. The van der Waals surface area contributed by atoms with Crippen LogP contribution in [0.25, 0.3) is 0 Å². The van der Waals surface area contributed by atoms with Crippen molar-refractivity contribution >= 4 is 59.2 Å². The van der Waals surface area contributed by atoms with Gasteiger partial charge in [-0.05, 0) is 72.8 Å². The number of hydrogen-bond acceptors (Lipinski definition) is 9. The quantitative estimate of drug-likeness (QED) is 0.0836. The maximum absolute atomic E-state index is 6.40. The Balaban J connectivity index is 1.35. The summed E-state index contributed by atoms with van der Waals surface area (Å²) in [5.41, 5.74) is 19.4. The van der Waals surface area contributed by atoms with E-state index in [-0.39, 0.29) is 17.2 Å². The van der Waals surface area contributed by atoms with Crippen LogP contribution >= 0.6 is 34.8 Å². The molecule has 49 heavy (non-hydrogen) atoms. The van der Waals surface area contributed by atoms with Crippen molar-refractivity contribution in [1.82, 2.24) is 0 Å². The molecule has 0 radical (unpaired) electrons. The van der Waals surface area contributed by atoms with Gasteiger partial charge in [0.15, 0.2) is 17.2 Å². The van der Waals surface area contributed by atoms with Gasteiger partial charge in [-0.25, -0.2) is 0 Å². The van der Waals surface area contributed by atoms with Gasteiger partial charge >= 0.3 is 7.32 Å². The van der Waals surface area contributed by atoms with Gasteiger partial charge in [0, 0.05) is 35.3 Å². The Kier molecular flexibility index (Phi) is 10.3. The van der Waals surface area contributed by atoms with Crippen LogP contribution in [0, 0.1) is 0 Å². The number of rotatable bonds is 12. The first-order valence-corrected chi connectivity index (χ1v) is 15.8. The van der Waals surface area contributed by atoms with Gasteiger partial charge in [0.25, 0.3) is 0 Å². The third-order valence-electron chi connectivity index (χ3n) is 6.74. The zero-order valence-corrected chi connectivity index (χ0v) is 27.8. The summed E-state index contributed by atoms with van der Waals surface area (Å²) in [5, 5.41) is 1.06. The fraction of sp³-hybridized carbons (Fsp3) is 0. The molecule has 246 valence electrons. The van der Waals surface area contributed by atoms with Gasteiger partial charge in [-0.3, -0.25) is 0 Å². The largest absolute Gasteiger partial charge is 0.864 e. The standard InChI is InChI=1S/C36H27BCl3N3O6/c38-25-16-13-22(41)19-34(25)44-28-7-1-4-10-31(28)47-37(48-32-11-5-2-8-29(32)45-35-20-23(42)14-17-26(35)39)49-33-12-6-3-9-30(33)46-36-21-24(43)15-18-27(36)40/h1-21H,41-43H2. The first-order valence-electron chi connectivity index (χ1n) is 14.7. The third kappa shape index (κ3) is 8.49. The van der Waals surface area contributed by atoms with E-state index in [2.05, 4.69) is 0 Å². The van der Waals surface area contributed by atoms with Crippen molar-refractivity contribution in [3.05, 3.63) is 142 Å². The number of para-hydroxylation sites is 6. The van der Waals surface area contributed by atoms with E-state index in [9.17, 15) is 0 Å². The fourth-order valence-electron chi connectivity index (χ4n) is 4.43. The molecule has 6 N–H and O–H groups in total. The molecule has 0 aliphatic rings. The van der Waals surface area contributed by atoms with Gasteiger partial charge < -0.3 is 45.4 Å². The maximum Gasteiger partial charge on any atom is 0.864 e. The Bertz CT molecular complexity index is 1870. The van der Waals surface area contributed by atoms with Gasteiger partial charge in [0.1, 0.15) is 34.5 Å². The normalized spacial score (nSPS) is 10.6. The summed E-state index contributed by atoms with van der Waals surface area (Å²) >= 11 is 19.2. The van der Waals surface area contributed by atoms with E-state index in [1.807, 2.05) is 0 Å². The molecule has 0 amide bonds. The molecule has 0 saturated heterocycles. The number of nitrogen functional groups attached to an aromatic ring is 3. The van der Waals surface area contributed by atoms with Crippen LogP contribution in [0.2, 0.25) is 15.1 Å². The minimum absolute atomic E-state index is 0.251. The summed E-state index contributed by atoms with van der Waals surface area (Å²) in [7, 11) is -1.46. The number of anilines is 3. The first-order chi connectivity index (χ1) is 23.7. The second-order valence-corrected chi connectivity index (χ2v) is 11.6. The van der Waals surface area contributed by atoms with E-state index in [1.165, 1.54) is 0 Å². The molecule has 6 rings (SSSR count).